The third-order valence-electron chi connectivity index (χ3n) is 4.60. The van der Waals surface area contributed by atoms with Gasteiger partial charge in [-0.05, 0) is 31.5 Å². The van der Waals surface area contributed by atoms with E-state index >= 15 is 0 Å². The van der Waals surface area contributed by atoms with Gasteiger partial charge in [-0.25, -0.2) is 0 Å². The molecule has 1 aromatic carbocycles. The molecule has 7 nitrogen and oxygen atoms in total. The first kappa shape index (κ1) is 21.9. The lowest BCUT2D eigenvalue weighted by molar-refractivity contribution is -0.130. The summed E-state index contributed by atoms with van der Waals surface area (Å²) in [5, 5.41) is 5.64. The van der Waals surface area contributed by atoms with Crippen LogP contribution < -0.4 is 21.3 Å². The fourth-order valence-corrected chi connectivity index (χ4v) is 2.96. The number of rotatable bonds is 6. The predicted molar refractivity (Wildman–Crippen MR) is 103 cm³/mol. The van der Waals surface area contributed by atoms with Crippen LogP contribution in [0.15, 0.2) is 24.3 Å². The van der Waals surface area contributed by atoms with Crippen LogP contribution in [0.5, 0.6) is 0 Å². The fraction of sp³-hybridized carbons (Fsp3) is 0.500. The molecule has 0 saturated carbocycles. The summed E-state index contributed by atoms with van der Waals surface area (Å²) in [6.45, 7) is 5.43. The Morgan fingerprint density at radius 3 is 2.35 bits per heavy atom. The van der Waals surface area contributed by atoms with Crippen LogP contribution in [0.3, 0.4) is 0 Å². The van der Waals surface area contributed by atoms with Gasteiger partial charge in [0.15, 0.2) is 0 Å². The van der Waals surface area contributed by atoms with E-state index in [9.17, 15) is 14.4 Å². The summed E-state index contributed by atoms with van der Waals surface area (Å²) in [5.41, 5.74) is 7.10. The van der Waals surface area contributed by atoms with E-state index in [2.05, 4.69) is 10.6 Å². The lowest BCUT2D eigenvalue weighted by Gasteiger charge is -2.31. The lowest BCUT2D eigenvalue weighted by Crippen LogP contribution is -2.57. The van der Waals surface area contributed by atoms with Crippen molar-refractivity contribution in [3.05, 3.63) is 29.8 Å². The molecule has 3 amide bonds. The van der Waals surface area contributed by atoms with Crippen molar-refractivity contribution in [2.45, 2.75) is 45.3 Å². The summed E-state index contributed by atoms with van der Waals surface area (Å²) in [7, 11) is 1.68. The molecule has 1 aliphatic rings. The van der Waals surface area contributed by atoms with E-state index < -0.39 is 24.0 Å². The Hall–Kier alpha value is -2.12. The molecule has 1 aromatic rings. The number of anilines is 1. The zero-order valence-corrected chi connectivity index (χ0v) is 16.3. The van der Waals surface area contributed by atoms with Gasteiger partial charge in [0.2, 0.25) is 11.8 Å². The van der Waals surface area contributed by atoms with Crippen molar-refractivity contribution in [1.29, 1.82) is 0 Å². The van der Waals surface area contributed by atoms with Gasteiger partial charge in [0, 0.05) is 12.1 Å². The van der Waals surface area contributed by atoms with E-state index in [4.69, 9.17) is 5.73 Å². The molecule has 0 aromatic heterocycles. The summed E-state index contributed by atoms with van der Waals surface area (Å²) in [6.07, 6.45) is 0.392. The molecule has 1 aliphatic heterocycles. The summed E-state index contributed by atoms with van der Waals surface area (Å²) in [5.74, 6) is -1.28. The lowest BCUT2D eigenvalue weighted by atomic mass is 10.0. The normalized spacial score (nSPS) is 17.9. The maximum Gasteiger partial charge on any atom is 0.250 e. The molecule has 2 rings (SSSR count). The van der Waals surface area contributed by atoms with Gasteiger partial charge in [0.1, 0.15) is 12.1 Å². The molecule has 0 saturated heterocycles. The minimum atomic E-state index is -0.740. The number of halogens is 1. The number of nitrogens with two attached hydrogens (primary N) is 1. The van der Waals surface area contributed by atoms with E-state index in [-0.39, 0.29) is 30.1 Å². The molecule has 3 atom stereocenters. The van der Waals surface area contributed by atoms with Crippen molar-refractivity contribution < 1.29 is 14.4 Å². The molecule has 0 fully saturated rings. The number of carbonyl (C=O) groups is 3. The number of para-hydroxylation sites is 1. The van der Waals surface area contributed by atoms with E-state index in [1.165, 1.54) is 4.90 Å². The topological polar surface area (TPSA) is 105 Å². The van der Waals surface area contributed by atoms with E-state index in [0.29, 0.717) is 12.1 Å². The largest absolute Gasteiger partial charge is 0.368 e. The molecule has 1 heterocycles. The summed E-state index contributed by atoms with van der Waals surface area (Å²) >= 11 is 0. The minimum absolute atomic E-state index is 0. The Balaban J connectivity index is 0.00000338. The molecule has 0 radical (unpaired) electrons. The molecule has 4 N–H and O–H groups in total. The summed E-state index contributed by atoms with van der Waals surface area (Å²) in [6, 6.07) is 5.46. The second-order valence-corrected chi connectivity index (χ2v) is 6.70. The van der Waals surface area contributed by atoms with E-state index in [1.807, 2.05) is 32.0 Å². The highest BCUT2D eigenvalue weighted by Crippen LogP contribution is 2.33. The predicted octanol–water partition coefficient (Wildman–Crippen LogP) is 0.600. The molecule has 26 heavy (non-hydrogen) atoms. The van der Waals surface area contributed by atoms with Crippen LogP contribution in [0, 0.1) is 5.92 Å². The third kappa shape index (κ3) is 4.34. The quantitative estimate of drug-likeness (QED) is 0.670. The van der Waals surface area contributed by atoms with Crippen molar-refractivity contribution >= 4 is 35.8 Å². The van der Waals surface area contributed by atoms with Gasteiger partial charge in [-0.2, -0.15) is 0 Å². The van der Waals surface area contributed by atoms with Crippen LogP contribution in [-0.2, 0) is 20.8 Å². The Labute approximate surface area is 160 Å². The average Bonchev–Trinajstić information content (AvgIpc) is 2.97. The van der Waals surface area contributed by atoms with E-state index in [1.54, 1.807) is 20.0 Å². The number of hydrogen-bond acceptors (Lipinski definition) is 4. The van der Waals surface area contributed by atoms with Gasteiger partial charge in [-0.15, -0.1) is 12.4 Å². The van der Waals surface area contributed by atoms with Crippen LogP contribution in [0.4, 0.5) is 5.69 Å². The molecule has 0 bridgehead atoms. The number of benzene rings is 1. The van der Waals surface area contributed by atoms with Crippen LogP contribution >= 0.6 is 12.4 Å². The first-order valence-corrected chi connectivity index (χ1v) is 8.45. The SMILES string of the molecule is CN[C@@H](C)C(=O)N[C@H](C(=O)N1c2ccccc2C[C@H]1C(N)=O)C(C)C.Cl. The van der Waals surface area contributed by atoms with E-state index in [0.717, 1.165) is 5.56 Å². The highest BCUT2D eigenvalue weighted by Gasteiger charge is 2.41. The van der Waals surface area contributed by atoms with Crippen LogP contribution in [0.2, 0.25) is 0 Å². The molecule has 144 valence electrons. The number of nitrogens with one attached hydrogen (secondary N) is 2. The van der Waals surface area contributed by atoms with Crippen molar-refractivity contribution in [2.24, 2.45) is 11.7 Å². The molecule has 8 heteroatoms. The zero-order chi connectivity index (χ0) is 18.7. The second-order valence-electron chi connectivity index (χ2n) is 6.70. The number of fused-ring (bicyclic) bond motifs is 1. The number of primary amides is 1. The summed E-state index contributed by atoms with van der Waals surface area (Å²) < 4.78 is 0. The first-order chi connectivity index (χ1) is 11.8. The van der Waals surface area contributed by atoms with Crippen molar-refractivity contribution in [3.8, 4) is 0 Å². The maximum atomic E-state index is 13.2. The Morgan fingerprint density at radius 1 is 1.19 bits per heavy atom. The number of carbonyl (C=O) groups excluding carboxylic acids is 3. The number of hydrogen-bond donors (Lipinski definition) is 3. The van der Waals surface area contributed by atoms with Crippen LogP contribution in [-0.4, -0.2) is 42.9 Å². The Bertz CT molecular complexity index is 680. The fourth-order valence-electron chi connectivity index (χ4n) is 2.96. The summed E-state index contributed by atoms with van der Waals surface area (Å²) in [4.78, 5) is 38.7. The Kier molecular flexibility index (Phi) is 7.59. The average molecular weight is 383 g/mol. The first-order valence-electron chi connectivity index (χ1n) is 8.45. The number of likely N-dealkylation sites (N-methyl/N-ethyl adjacent to an activating group) is 1. The van der Waals surface area contributed by atoms with Crippen molar-refractivity contribution in [1.82, 2.24) is 10.6 Å². The standard InChI is InChI=1S/C18H26N4O3.ClH/c1-10(2)15(21-17(24)11(3)20-4)18(25)22-13-8-6-5-7-12(13)9-14(22)16(19)23;/h5-8,10-11,14-15,20H,9H2,1-4H3,(H2,19,23)(H,21,24);1H/t11-,14-,15-;/m0./s1. The molecule has 0 spiro atoms. The van der Waals surface area contributed by atoms with Gasteiger partial charge in [-0.1, -0.05) is 32.0 Å². The monoisotopic (exact) mass is 382 g/mol. The van der Waals surface area contributed by atoms with Gasteiger partial charge in [0.05, 0.1) is 6.04 Å². The zero-order valence-electron chi connectivity index (χ0n) is 15.5. The third-order valence-corrected chi connectivity index (χ3v) is 4.60. The van der Waals surface area contributed by atoms with Gasteiger partial charge >= 0.3 is 0 Å². The highest BCUT2D eigenvalue weighted by molar-refractivity contribution is 6.06. The second kappa shape index (κ2) is 9.00. The van der Waals surface area contributed by atoms with Gasteiger partial charge in [0.25, 0.3) is 5.91 Å². The molecule has 0 unspecified atom stereocenters. The minimum Gasteiger partial charge on any atom is -0.368 e. The molecule has 0 aliphatic carbocycles. The Morgan fingerprint density at radius 2 is 1.81 bits per heavy atom. The number of nitrogens with zero attached hydrogens (tertiary/aromatic N) is 1. The van der Waals surface area contributed by atoms with Crippen molar-refractivity contribution in [2.75, 3.05) is 11.9 Å². The highest BCUT2D eigenvalue weighted by atomic mass is 35.5. The number of amides is 3. The van der Waals surface area contributed by atoms with Crippen LogP contribution in [0.25, 0.3) is 0 Å². The van der Waals surface area contributed by atoms with Gasteiger partial charge < -0.3 is 16.4 Å². The maximum absolute atomic E-state index is 13.2. The molecular weight excluding hydrogens is 356 g/mol. The van der Waals surface area contributed by atoms with Crippen LogP contribution in [0.1, 0.15) is 26.3 Å². The van der Waals surface area contributed by atoms with Gasteiger partial charge in [-0.3, -0.25) is 19.3 Å². The smallest absolute Gasteiger partial charge is 0.250 e. The molecular formula is C18H27ClN4O3. The van der Waals surface area contributed by atoms with Crippen molar-refractivity contribution in [3.63, 3.8) is 0 Å².